The Morgan fingerprint density at radius 1 is 1.22 bits per heavy atom. The van der Waals surface area contributed by atoms with Gasteiger partial charge in [-0.25, -0.2) is 0 Å². The highest BCUT2D eigenvalue weighted by molar-refractivity contribution is 5.90. The summed E-state index contributed by atoms with van der Waals surface area (Å²) in [5.41, 5.74) is 0.754. The number of nitrogens with zero attached hydrogens (tertiary/aromatic N) is 2. The minimum atomic E-state index is -0.341. The maximum atomic E-state index is 12.7. The molecule has 0 bridgehead atoms. The van der Waals surface area contributed by atoms with Crippen molar-refractivity contribution in [3.05, 3.63) is 29.8 Å². The molecule has 1 unspecified atom stereocenters. The van der Waals surface area contributed by atoms with Gasteiger partial charge in [-0.3, -0.25) is 9.59 Å². The molecule has 1 atom stereocenters. The maximum Gasteiger partial charge on any atom is 0.254 e. The van der Waals surface area contributed by atoms with E-state index in [1.807, 2.05) is 34.1 Å². The summed E-state index contributed by atoms with van der Waals surface area (Å²) in [7, 11) is 3.25. The van der Waals surface area contributed by atoms with Crippen LogP contribution in [0.15, 0.2) is 24.3 Å². The van der Waals surface area contributed by atoms with Crippen molar-refractivity contribution in [2.45, 2.75) is 43.7 Å². The molecule has 6 nitrogen and oxygen atoms in total. The Morgan fingerprint density at radius 3 is 2.59 bits per heavy atom. The van der Waals surface area contributed by atoms with Crippen molar-refractivity contribution in [1.29, 1.82) is 0 Å². The number of amides is 2. The molecule has 146 valence electrons. The summed E-state index contributed by atoms with van der Waals surface area (Å²) in [6.45, 7) is 2.21. The van der Waals surface area contributed by atoms with E-state index in [2.05, 4.69) is 0 Å². The van der Waals surface area contributed by atoms with E-state index < -0.39 is 0 Å². The zero-order valence-electron chi connectivity index (χ0n) is 16.1. The molecule has 2 heterocycles. The van der Waals surface area contributed by atoms with Gasteiger partial charge in [0.15, 0.2) is 6.10 Å². The molecule has 1 aliphatic carbocycles. The SMILES string of the molecule is COc1cccc(CC(=O)N2CCC3(CC2)C(OC)C(=O)N3CC2CC2)c1. The predicted octanol–water partition coefficient (Wildman–Crippen LogP) is 1.87. The fraction of sp³-hybridized carbons (Fsp3) is 0.619. The van der Waals surface area contributed by atoms with Crippen molar-refractivity contribution in [3.63, 3.8) is 0 Å². The van der Waals surface area contributed by atoms with Crippen LogP contribution < -0.4 is 4.74 Å². The van der Waals surface area contributed by atoms with Gasteiger partial charge in [-0.1, -0.05) is 12.1 Å². The Kier molecular flexibility index (Phi) is 4.84. The van der Waals surface area contributed by atoms with E-state index in [0.29, 0.717) is 25.4 Å². The van der Waals surface area contributed by atoms with Gasteiger partial charge < -0.3 is 19.3 Å². The number of carbonyl (C=O) groups excluding carboxylic acids is 2. The Morgan fingerprint density at radius 2 is 1.96 bits per heavy atom. The van der Waals surface area contributed by atoms with Gasteiger partial charge in [-0.05, 0) is 49.3 Å². The third-order valence-electron chi connectivity index (χ3n) is 6.36. The summed E-state index contributed by atoms with van der Waals surface area (Å²) in [5.74, 6) is 1.69. The van der Waals surface area contributed by atoms with Gasteiger partial charge in [0.05, 0.1) is 19.1 Å². The molecule has 2 saturated heterocycles. The Hall–Kier alpha value is -2.08. The lowest BCUT2D eigenvalue weighted by molar-refractivity contribution is -0.199. The van der Waals surface area contributed by atoms with Crippen LogP contribution in [-0.2, 0) is 20.7 Å². The van der Waals surface area contributed by atoms with E-state index in [1.54, 1.807) is 14.2 Å². The molecular weight excluding hydrogens is 344 g/mol. The molecule has 1 spiro atoms. The molecule has 3 aliphatic rings. The average Bonchev–Trinajstić information content (AvgIpc) is 3.51. The maximum absolute atomic E-state index is 12.7. The Bertz CT molecular complexity index is 723. The van der Waals surface area contributed by atoms with Crippen LogP contribution in [0, 0.1) is 5.92 Å². The highest BCUT2D eigenvalue weighted by Gasteiger charge is 2.61. The lowest BCUT2D eigenvalue weighted by Crippen LogP contribution is -2.77. The predicted molar refractivity (Wildman–Crippen MR) is 100 cm³/mol. The molecule has 1 saturated carbocycles. The van der Waals surface area contributed by atoms with E-state index in [1.165, 1.54) is 12.8 Å². The molecule has 1 aromatic rings. The number of methoxy groups -OCH3 is 2. The molecule has 6 heteroatoms. The van der Waals surface area contributed by atoms with Crippen LogP contribution in [0.3, 0.4) is 0 Å². The van der Waals surface area contributed by atoms with Crippen molar-refractivity contribution < 1.29 is 19.1 Å². The monoisotopic (exact) mass is 372 g/mol. The van der Waals surface area contributed by atoms with Gasteiger partial charge in [-0.15, -0.1) is 0 Å². The summed E-state index contributed by atoms with van der Waals surface area (Å²) in [6, 6.07) is 7.65. The summed E-state index contributed by atoms with van der Waals surface area (Å²) < 4.78 is 10.8. The summed E-state index contributed by atoms with van der Waals surface area (Å²) in [6.07, 6.45) is 4.09. The zero-order chi connectivity index (χ0) is 19.0. The molecule has 3 fully saturated rings. The first-order valence-electron chi connectivity index (χ1n) is 9.82. The minimum Gasteiger partial charge on any atom is -0.497 e. The number of hydrogen-bond acceptors (Lipinski definition) is 4. The number of carbonyl (C=O) groups is 2. The van der Waals surface area contributed by atoms with E-state index in [4.69, 9.17) is 9.47 Å². The van der Waals surface area contributed by atoms with Crippen LogP contribution in [0.5, 0.6) is 5.75 Å². The first kappa shape index (κ1) is 18.3. The summed E-state index contributed by atoms with van der Waals surface area (Å²) >= 11 is 0. The smallest absolute Gasteiger partial charge is 0.254 e. The molecule has 0 N–H and O–H groups in total. The van der Waals surface area contributed by atoms with Crippen LogP contribution >= 0.6 is 0 Å². The fourth-order valence-corrected chi connectivity index (χ4v) is 4.56. The number of ether oxygens (including phenoxy) is 2. The largest absolute Gasteiger partial charge is 0.497 e. The van der Waals surface area contributed by atoms with Crippen molar-refractivity contribution in [3.8, 4) is 5.75 Å². The van der Waals surface area contributed by atoms with Crippen LogP contribution in [0.25, 0.3) is 0 Å². The summed E-state index contributed by atoms with van der Waals surface area (Å²) in [4.78, 5) is 29.2. The van der Waals surface area contributed by atoms with E-state index in [9.17, 15) is 9.59 Å². The fourth-order valence-electron chi connectivity index (χ4n) is 4.56. The molecule has 2 amide bonds. The van der Waals surface area contributed by atoms with Crippen LogP contribution in [0.1, 0.15) is 31.2 Å². The second kappa shape index (κ2) is 7.15. The first-order chi connectivity index (χ1) is 13.1. The van der Waals surface area contributed by atoms with E-state index in [-0.39, 0.29) is 23.5 Å². The van der Waals surface area contributed by atoms with Gasteiger partial charge >= 0.3 is 0 Å². The van der Waals surface area contributed by atoms with Gasteiger partial charge in [0.25, 0.3) is 5.91 Å². The molecule has 0 aromatic heterocycles. The third-order valence-corrected chi connectivity index (χ3v) is 6.36. The highest BCUT2D eigenvalue weighted by atomic mass is 16.5. The third kappa shape index (κ3) is 3.31. The van der Waals surface area contributed by atoms with Gasteiger partial charge in [0, 0.05) is 26.7 Å². The number of benzene rings is 1. The number of likely N-dealkylation sites (tertiary alicyclic amines) is 2. The molecule has 27 heavy (non-hydrogen) atoms. The van der Waals surface area contributed by atoms with Crippen molar-refractivity contribution in [1.82, 2.24) is 9.80 Å². The van der Waals surface area contributed by atoms with Gasteiger partial charge in [0.2, 0.25) is 5.91 Å². The second-order valence-electron chi connectivity index (χ2n) is 8.02. The van der Waals surface area contributed by atoms with Crippen LogP contribution in [0.2, 0.25) is 0 Å². The minimum absolute atomic E-state index is 0.126. The molecule has 2 aliphatic heterocycles. The Balaban J connectivity index is 1.38. The topological polar surface area (TPSA) is 59.1 Å². The molecule has 4 rings (SSSR count). The lowest BCUT2D eigenvalue weighted by atomic mass is 9.72. The molecule has 0 radical (unpaired) electrons. The second-order valence-corrected chi connectivity index (χ2v) is 8.02. The van der Waals surface area contributed by atoms with Crippen molar-refractivity contribution >= 4 is 11.8 Å². The van der Waals surface area contributed by atoms with E-state index in [0.717, 1.165) is 30.7 Å². The lowest BCUT2D eigenvalue weighted by Gasteiger charge is -2.59. The number of hydrogen-bond donors (Lipinski definition) is 0. The van der Waals surface area contributed by atoms with Crippen LogP contribution in [-0.4, -0.2) is 67.1 Å². The first-order valence-corrected chi connectivity index (χ1v) is 9.82. The molecule has 1 aromatic carbocycles. The van der Waals surface area contributed by atoms with Gasteiger partial charge in [0.1, 0.15) is 5.75 Å². The highest BCUT2D eigenvalue weighted by Crippen LogP contribution is 2.45. The zero-order valence-corrected chi connectivity index (χ0v) is 16.1. The number of rotatable bonds is 6. The van der Waals surface area contributed by atoms with Crippen LogP contribution in [0.4, 0.5) is 0 Å². The Labute approximate surface area is 160 Å². The van der Waals surface area contributed by atoms with Gasteiger partial charge in [-0.2, -0.15) is 0 Å². The standard InChI is InChI=1S/C21H28N2O4/c1-26-17-5-3-4-16(12-17)13-18(24)22-10-8-21(9-11-22)19(27-2)20(25)23(21)14-15-6-7-15/h3-5,12,15,19H,6-11,13-14H2,1-2H3. The van der Waals surface area contributed by atoms with E-state index >= 15 is 0 Å². The normalized spacial score (nSPS) is 24.1. The van der Waals surface area contributed by atoms with Crippen molar-refractivity contribution in [2.75, 3.05) is 33.9 Å². The van der Waals surface area contributed by atoms with Crippen molar-refractivity contribution in [2.24, 2.45) is 5.92 Å². The number of β-lactam (4-membered cyclic amide) rings is 1. The molecular formula is C21H28N2O4. The number of piperidine rings is 1. The quantitative estimate of drug-likeness (QED) is 0.716. The average molecular weight is 372 g/mol. The summed E-state index contributed by atoms with van der Waals surface area (Å²) in [5, 5.41) is 0.